The Balaban J connectivity index is 1.79. The van der Waals surface area contributed by atoms with Crippen molar-refractivity contribution >= 4 is 5.91 Å². The zero-order chi connectivity index (χ0) is 11.5. The average molecular weight is 224 g/mol. The van der Waals surface area contributed by atoms with Gasteiger partial charge in [0.25, 0.3) is 0 Å². The lowest BCUT2D eigenvalue weighted by atomic mass is 9.82. The van der Waals surface area contributed by atoms with Gasteiger partial charge in [0.15, 0.2) is 0 Å². The average Bonchev–Trinajstić information content (AvgIpc) is 2.65. The summed E-state index contributed by atoms with van der Waals surface area (Å²) in [6, 6.07) is 0.429. The summed E-state index contributed by atoms with van der Waals surface area (Å²) in [5, 5.41) is 3.15. The normalized spacial score (nSPS) is 39.6. The summed E-state index contributed by atoms with van der Waals surface area (Å²) in [5.41, 5.74) is 5.96. The van der Waals surface area contributed by atoms with Gasteiger partial charge in [0.2, 0.25) is 5.91 Å². The van der Waals surface area contributed by atoms with Crippen LogP contribution in [0.4, 0.5) is 0 Å². The highest BCUT2D eigenvalue weighted by molar-refractivity contribution is 5.79. The summed E-state index contributed by atoms with van der Waals surface area (Å²) >= 11 is 0. The van der Waals surface area contributed by atoms with E-state index in [1.807, 2.05) is 0 Å². The van der Waals surface area contributed by atoms with E-state index in [9.17, 15) is 4.79 Å². The zero-order valence-electron chi connectivity index (χ0n) is 10.2. The van der Waals surface area contributed by atoms with Crippen molar-refractivity contribution in [2.45, 2.75) is 64.0 Å². The summed E-state index contributed by atoms with van der Waals surface area (Å²) < 4.78 is 0. The molecule has 0 aromatic carbocycles. The van der Waals surface area contributed by atoms with E-state index in [1.54, 1.807) is 0 Å². The molecule has 2 rings (SSSR count). The third-order valence-electron chi connectivity index (χ3n) is 4.28. The van der Waals surface area contributed by atoms with Gasteiger partial charge in [-0.1, -0.05) is 6.92 Å². The maximum Gasteiger partial charge on any atom is 0.223 e. The second kappa shape index (κ2) is 5.17. The standard InChI is InChI=1S/C13H24N2O/c1-9-5-7-10(8-6-9)13(16)15-12-4-2-3-11(12)14/h9-12H,2-8,14H2,1H3,(H,15,16). The van der Waals surface area contributed by atoms with E-state index in [2.05, 4.69) is 12.2 Å². The number of hydrogen-bond acceptors (Lipinski definition) is 2. The summed E-state index contributed by atoms with van der Waals surface area (Å²) in [5.74, 6) is 1.32. The monoisotopic (exact) mass is 224 g/mol. The predicted molar refractivity (Wildman–Crippen MR) is 64.9 cm³/mol. The fourth-order valence-corrected chi connectivity index (χ4v) is 2.99. The van der Waals surface area contributed by atoms with Gasteiger partial charge in [0.1, 0.15) is 0 Å². The molecule has 0 heterocycles. The van der Waals surface area contributed by atoms with E-state index in [-0.39, 0.29) is 23.9 Å². The van der Waals surface area contributed by atoms with E-state index in [1.165, 1.54) is 12.8 Å². The molecule has 0 aromatic rings. The molecule has 2 atom stereocenters. The molecule has 2 fully saturated rings. The Morgan fingerprint density at radius 1 is 1.12 bits per heavy atom. The van der Waals surface area contributed by atoms with E-state index >= 15 is 0 Å². The van der Waals surface area contributed by atoms with Crippen LogP contribution in [0.2, 0.25) is 0 Å². The van der Waals surface area contributed by atoms with Crippen LogP contribution in [0.15, 0.2) is 0 Å². The predicted octanol–water partition coefficient (Wildman–Crippen LogP) is 1.81. The van der Waals surface area contributed by atoms with E-state index in [0.717, 1.165) is 38.0 Å². The van der Waals surface area contributed by atoms with Crippen molar-refractivity contribution in [1.29, 1.82) is 0 Å². The first kappa shape index (κ1) is 11.9. The Labute approximate surface area is 98.2 Å². The van der Waals surface area contributed by atoms with Gasteiger partial charge < -0.3 is 11.1 Å². The number of nitrogens with two attached hydrogens (primary N) is 1. The molecule has 0 aliphatic heterocycles. The van der Waals surface area contributed by atoms with Crippen LogP contribution in [0.5, 0.6) is 0 Å². The van der Waals surface area contributed by atoms with Crippen molar-refractivity contribution in [3.05, 3.63) is 0 Å². The Kier molecular flexibility index (Phi) is 3.85. The van der Waals surface area contributed by atoms with Crippen LogP contribution in [0.3, 0.4) is 0 Å². The highest BCUT2D eigenvalue weighted by Gasteiger charge is 2.29. The molecule has 3 nitrogen and oxygen atoms in total. The van der Waals surface area contributed by atoms with Gasteiger partial charge in [-0.15, -0.1) is 0 Å². The van der Waals surface area contributed by atoms with Gasteiger partial charge in [-0.25, -0.2) is 0 Å². The van der Waals surface area contributed by atoms with Crippen LogP contribution < -0.4 is 11.1 Å². The van der Waals surface area contributed by atoms with Crippen molar-refractivity contribution in [2.75, 3.05) is 0 Å². The van der Waals surface area contributed by atoms with Gasteiger partial charge in [0, 0.05) is 18.0 Å². The number of rotatable bonds is 2. The first-order chi connectivity index (χ1) is 7.66. The van der Waals surface area contributed by atoms with Crippen LogP contribution >= 0.6 is 0 Å². The molecule has 2 unspecified atom stereocenters. The molecule has 3 heteroatoms. The topological polar surface area (TPSA) is 55.1 Å². The number of hydrogen-bond donors (Lipinski definition) is 2. The molecule has 3 N–H and O–H groups in total. The van der Waals surface area contributed by atoms with Crippen molar-refractivity contribution < 1.29 is 4.79 Å². The van der Waals surface area contributed by atoms with Crippen LogP contribution in [-0.4, -0.2) is 18.0 Å². The van der Waals surface area contributed by atoms with Gasteiger partial charge in [-0.3, -0.25) is 4.79 Å². The molecule has 2 saturated carbocycles. The fourth-order valence-electron chi connectivity index (χ4n) is 2.99. The van der Waals surface area contributed by atoms with Crippen molar-refractivity contribution in [3.8, 4) is 0 Å². The van der Waals surface area contributed by atoms with E-state index < -0.39 is 0 Å². The molecule has 0 aromatic heterocycles. The van der Waals surface area contributed by atoms with Crippen LogP contribution in [0, 0.1) is 11.8 Å². The number of amides is 1. The van der Waals surface area contributed by atoms with Gasteiger partial charge in [0.05, 0.1) is 0 Å². The first-order valence-corrected chi connectivity index (χ1v) is 6.72. The molecule has 16 heavy (non-hydrogen) atoms. The molecular formula is C13H24N2O. The largest absolute Gasteiger partial charge is 0.352 e. The molecular weight excluding hydrogens is 200 g/mol. The fraction of sp³-hybridized carbons (Fsp3) is 0.923. The SMILES string of the molecule is CC1CCC(C(=O)NC2CCCC2N)CC1. The quantitative estimate of drug-likeness (QED) is 0.751. The minimum absolute atomic E-state index is 0.187. The maximum atomic E-state index is 12.0. The van der Waals surface area contributed by atoms with Crippen molar-refractivity contribution in [1.82, 2.24) is 5.32 Å². The van der Waals surface area contributed by atoms with Crippen LogP contribution in [-0.2, 0) is 4.79 Å². The van der Waals surface area contributed by atoms with Gasteiger partial charge >= 0.3 is 0 Å². The molecule has 2 aliphatic rings. The molecule has 92 valence electrons. The third kappa shape index (κ3) is 2.76. The van der Waals surface area contributed by atoms with Gasteiger partial charge in [-0.05, 0) is 50.9 Å². The molecule has 1 amide bonds. The zero-order valence-corrected chi connectivity index (χ0v) is 10.2. The number of carbonyl (C=O) groups is 1. The summed E-state index contributed by atoms with van der Waals surface area (Å²) in [6.07, 6.45) is 7.82. The lowest BCUT2D eigenvalue weighted by Gasteiger charge is -2.27. The lowest BCUT2D eigenvalue weighted by molar-refractivity contribution is -0.126. The Morgan fingerprint density at radius 2 is 1.81 bits per heavy atom. The summed E-state index contributed by atoms with van der Waals surface area (Å²) in [7, 11) is 0. The van der Waals surface area contributed by atoms with Crippen LogP contribution in [0.1, 0.15) is 51.9 Å². The molecule has 0 saturated heterocycles. The number of carbonyl (C=O) groups excluding carboxylic acids is 1. The summed E-state index contributed by atoms with van der Waals surface area (Å²) in [4.78, 5) is 12.0. The molecule has 0 spiro atoms. The third-order valence-corrected chi connectivity index (χ3v) is 4.28. The second-order valence-electron chi connectivity index (χ2n) is 5.67. The minimum atomic E-state index is 0.187. The Bertz CT molecular complexity index is 246. The van der Waals surface area contributed by atoms with Crippen LogP contribution in [0.25, 0.3) is 0 Å². The first-order valence-electron chi connectivity index (χ1n) is 6.72. The second-order valence-corrected chi connectivity index (χ2v) is 5.67. The smallest absolute Gasteiger partial charge is 0.223 e. The summed E-state index contributed by atoms with van der Waals surface area (Å²) in [6.45, 7) is 2.28. The highest BCUT2D eigenvalue weighted by atomic mass is 16.1. The van der Waals surface area contributed by atoms with Crippen molar-refractivity contribution in [2.24, 2.45) is 17.6 Å². The molecule has 2 aliphatic carbocycles. The minimum Gasteiger partial charge on any atom is -0.352 e. The number of nitrogens with one attached hydrogen (secondary N) is 1. The maximum absolute atomic E-state index is 12.0. The van der Waals surface area contributed by atoms with E-state index in [0.29, 0.717) is 0 Å². The molecule has 0 radical (unpaired) electrons. The van der Waals surface area contributed by atoms with Gasteiger partial charge in [-0.2, -0.15) is 0 Å². The Hall–Kier alpha value is -0.570. The Morgan fingerprint density at radius 3 is 2.38 bits per heavy atom. The van der Waals surface area contributed by atoms with Crippen molar-refractivity contribution in [3.63, 3.8) is 0 Å². The highest BCUT2D eigenvalue weighted by Crippen LogP contribution is 2.29. The molecule has 0 bridgehead atoms. The van der Waals surface area contributed by atoms with E-state index in [4.69, 9.17) is 5.73 Å². The lowest BCUT2D eigenvalue weighted by Crippen LogP contribution is -2.46.